The lowest BCUT2D eigenvalue weighted by atomic mass is 9.83. The van der Waals surface area contributed by atoms with Gasteiger partial charge in [0.15, 0.2) is 5.17 Å². The fraction of sp³-hybridized carbons (Fsp3) is 0.167. The summed E-state index contributed by atoms with van der Waals surface area (Å²) in [6, 6.07) is 24.6. The van der Waals surface area contributed by atoms with Crippen LogP contribution in [0.2, 0.25) is 10.0 Å². The Balaban J connectivity index is 1.47. The Bertz CT molecular complexity index is 1420. The highest BCUT2D eigenvalue weighted by Gasteiger charge is 2.40. The summed E-state index contributed by atoms with van der Waals surface area (Å²) in [5.41, 5.74) is 8.42. The predicted octanol–water partition coefficient (Wildman–Crippen LogP) is 8.98. The summed E-state index contributed by atoms with van der Waals surface area (Å²) < 4.78 is 5.38. The molecule has 0 amide bonds. The molecule has 0 spiro atoms. The number of hydrogen-bond acceptors (Lipinski definition) is 4. The van der Waals surface area contributed by atoms with Crippen LogP contribution in [0.25, 0.3) is 11.8 Å². The van der Waals surface area contributed by atoms with E-state index in [9.17, 15) is 0 Å². The van der Waals surface area contributed by atoms with Gasteiger partial charge in [-0.3, -0.25) is 0 Å². The maximum Gasteiger partial charge on any atom is 0.174 e. The highest BCUT2D eigenvalue weighted by molar-refractivity contribution is 8.16. The van der Waals surface area contributed by atoms with E-state index < -0.39 is 0 Å². The molecule has 0 saturated heterocycles. The summed E-state index contributed by atoms with van der Waals surface area (Å²) >= 11 is 14.1. The fourth-order valence-electron chi connectivity index (χ4n) is 5.09. The van der Waals surface area contributed by atoms with Crippen LogP contribution in [-0.4, -0.2) is 17.2 Å². The number of aliphatic imine (C=N–C) groups is 1. The topological polar surface area (TPSA) is 24.8 Å². The number of methoxy groups -OCH3 is 1. The lowest BCUT2D eigenvalue weighted by Gasteiger charge is -2.40. The van der Waals surface area contributed by atoms with Gasteiger partial charge in [-0.1, -0.05) is 59.2 Å². The summed E-state index contributed by atoms with van der Waals surface area (Å²) in [4.78, 5) is 7.64. The van der Waals surface area contributed by atoms with E-state index in [0.717, 1.165) is 62.7 Å². The Morgan fingerprint density at radius 3 is 2.31 bits per heavy atom. The first kappa shape index (κ1) is 23.5. The largest absolute Gasteiger partial charge is 0.497 e. The van der Waals surface area contributed by atoms with Crippen molar-refractivity contribution in [2.45, 2.75) is 25.3 Å². The molecule has 36 heavy (non-hydrogen) atoms. The van der Waals surface area contributed by atoms with Crippen LogP contribution in [0.3, 0.4) is 0 Å². The molecule has 2 heterocycles. The van der Waals surface area contributed by atoms with Crippen molar-refractivity contribution >= 4 is 51.9 Å². The second kappa shape index (κ2) is 9.85. The van der Waals surface area contributed by atoms with Crippen molar-refractivity contribution in [3.8, 4) is 5.75 Å². The van der Waals surface area contributed by atoms with Gasteiger partial charge in [0.05, 0.1) is 24.5 Å². The number of allylic oxidation sites excluding steroid dienone is 1. The molecule has 3 nitrogen and oxygen atoms in total. The number of hydrogen-bond donors (Lipinski definition) is 0. The minimum absolute atomic E-state index is 0.0574. The van der Waals surface area contributed by atoms with Crippen LogP contribution >= 0.6 is 35.0 Å². The van der Waals surface area contributed by atoms with Gasteiger partial charge in [-0.2, -0.15) is 0 Å². The molecule has 0 aromatic heterocycles. The second-order valence-electron chi connectivity index (χ2n) is 9.02. The summed E-state index contributed by atoms with van der Waals surface area (Å²) in [7, 11) is 1.69. The number of ether oxygens (including phenoxy) is 1. The molecule has 3 aliphatic rings. The first-order chi connectivity index (χ1) is 17.6. The van der Waals surface area contributed by atoms with Crippen molar-refractivity contribution in [2.75, 3.05) is 7.11 Å². The van der Waals surface area contributed by atoms with Gasteiger partial charge < -0.3 is 9.64 Å². The van der Waals surface area contributed by atoms with Crippen LogP contribution in [0.5, 0.6) is 5.75 Å². The molecular formula is C30H24Cl2N2OS. The van der Waals surface area contributed by atoms with Crippen molar-refractivity contribution in [1.29, 1.82) is 0 Å². The number of rotatable bonds is 4. The van der Waals surface area contributed by atoms with Crippen molar-refractivity contribution < 1.29 is 4.74 Å². The number of halogens is 2. The third-order valence-corrected chi connectivity index (χ3v) is 8.16. The van der Waals surface area contributed by atoms with E-state index in [4.69, 9.17) is 32.9 Å². The second-order valence-corrected chi connectivity index (χ2v) is 10.7. The zero-order valence-corrected chi connectivity index (χ0v) is 22.1. The molecule has 2 aliphatic heterocycles. The van der Waals surface area contributed by atoms with Crippen LogP contribution in [0.1, 0.15) is 42.0 Å². The van der Waals surface area contributed by atoms with Crippen molar-refractivity contribution in [1.82, 2.24) is 4.90 Å². The van der Waals surface area contributed by atoms with Gasteiger partial charge >= 0.3 is 0 Å². The highest BCUT2D eigenvalue weighted by Crippen LogP contribution is 2.51. The van der Waals surface area contributed by atoms with Gasteiger partial charge in [-0.05, 0) is 102 Å². The van der Waals surface area contributed by atoms with E-state index in [1.165, 1.54) is 16.7 Å². The third kappa shape index (κ3) is 4.39. The van der Waals surface area contributed by atoms with E-state index in [-0.39, 0.29) is 6.04 Å². The minimum atomic E-state index is 0.0574. The maximum absolute atomic E-state index is 6.28. The maximum atomic E-state index is 6.28. The number of thioether (sulfide) groups is 1. The predicted molar refractivity (Wildman–Crippen MR) is 152 cm³/mol. The summed E-state index contributed by atoms with van der Waals surface area (Å²) in [6.07, 6.45) is 5.38. The molecular weight excluding hydrogens is 507 g/mol. The smallest absolute Gasteiger partial charge is 0.174 e. The Labute approximate surface area is 225 Å². The van der Waals surface area contributed by atoms with Gasteiger partial charge in [0, 0.05) is 15.5 Å². The molecule has 0 saturated carbocycles. The molecule has 0 fully saturated rings. The highest BCUT2D eigenvalue weighted by atomic mass is 35.5. The van der Waals surface area contributed by atoms with Crippen LogP contribution in [0.4, 0.5) is 0 Å². The Morgan fingerprint density at radius 2 is 1.61 bits per heavy atom. The molecule has 0 radical (unpaired) electrons. The Morgan fingerprint density at radius 1 is 0.917 bits per heavy atom. The minimum Gasteiger partial charge on any atom is -0.497 e. The Hall–Kier alpha value is -2.92. The zero-order chi connectivity index (χ0) is 24.6. The van der Waals surface area contributed by atoms with E-state index in [0.29, 0.717) is 0 Å². The molecule has 180 valence electrons. The number of amidine groups is 1. The molecule has 3 aromatic rings. The fourth-order valence-corrected chi connectivity index (χ4v) is 6.27. The summed E-state index contributed by atoms with van der Waals surface area (Å²) in [6.45, 7) is 0. The average Bonchev–Trinajstić information content (AvgIpc) is 3.33. The first-order valence-corrected chi connectivity index (χ1v) is 13.6. The molecule has 0 unspecified atom stereocenters. The molecule has 1 atom stereocenters. The third-order valence-electron chi connectivity index (χ3n) is 6.82. The molecule has 3 aromatic carbocycles. The monoisotopic (exact) mass is 530 g/mol. The van der Waals surface area contributed by atoms with Gasteiger partial charge in [-0.25, -0.2) is 4.99 Å². The van der Waals surface area contributed by atoms with Gasteiger partial charge in [0.1, 0.15) is 5.75 Å². The van der Waals surface area contributed by atoms with Crippen LogP contribution in [0.15, 0.2) is 100 Å². The molecule has 0 bridgehead atoms. The van der Waals surface area contributed by atoms with E-state index in [1.54, 1.807) is 18.9 Å². The van der Waals surface area contributed by atoms with Crippen LogP contribution < -0.4 is 4.74 Å². The van der Waals surface area contributed by atoms with Gasteiger partial charge in [0.2, 0.25) is 0 Å². The van der Waals surface area contributed by atoms with Crippen molar-refractivity contribution in [2.24, 2.45) is 4.99 Å². The number of fused-ring (bicyclic) bond motifs is 1. The lowest BCUT2D eigenvalue weighted by Crippen LogP contribution is -2.34. The quantitative estimate of drug-likeness (QED) is 0.336. The summed E-state index contributed by atoms with van der Waals surface area (Å²) in [5.74, 6) is 0.848. The number of benzene rings is 3. The van der Waals surface area contributed by atoms with E-state index in [1.807, 2.05) is 36.4 Å². The molecule has 6 heteroatoms. The first-order valence-electron chi connectivity index (χ1n) is 11.9. The van der Waals surface area contributed by atoms with Crippen molar-refractivity contribution in [3.05, 3.63) is 122 Å². The zero-order valence-electron chi connectivity index (χ0n) is 19.7. The number of nitrogens with zero attached hydrogens (tertiary/aromatic N) is 2. The summed E-state index contributed by atoms with van der Waals surface area (Å²) in [5, 5.41) is 4.70. The molecule has 6 rings (SSSR count). The molecule has 1 aliphatic carbocycles. The van der Waals surface area contributed by atoms with Crippen LogP contribution in [0, 0.1) is 0 Å². The standard InChI is InChI=1S/C30H24Cl2N2OS/c1-35-25-15-9-20(10-16-25)27-18-36-30-33-28-22(17-19-5-11-23(31)12-6-19)3-2-4-26(28)29(34(27)30)21-7-13-24(32)14-8-21/h5-18,29H,2-4H2,1H3/b22-17+/t29-/m0/s1. The van der Waals surface area contributed by atoms with Gasteiger partial charge in [-0.15, -0.1) is 0 Å². The molecule has 0 N–H and O–H groups in total. The normalized spacial score (nSPS) is 20.1. The SMILES string of the molecule is COc1ccc(C2=CSC3=NC4=C(CCC/C4=C\c4ccc(Cl)cc4)[C@H](c4ccc(Cl)cc4)N23)cc1. The lowest BCUT2D eigenvalue weighted by molar-refractivity contribution is 0.414. The van der Waals surface area contributed by atoms with E-state index in [2.05, 4.69) is 52.8 Å². The average molecular weight is 532 g/mol. The van der Waals surface area contributed by atoms with Gasteiger partial charge in [0.25, 0.3) is 0 Å². The van der Waals surface area contributed by atoms with Crippen molar-refractivity contribution in [3.63, 3.8) is 0 Å². The van der Waals surface area contributed by atoms with Crippen LogP contribution in [-0.2, 0) is 0 Å². The van der Waals surface area contributed by atoms with E-state index >= 15 is 0 Å². The Kier molecular flexibility index (Phi) is 6.43.